The molecule has 1 amide bonds. The summed E-state index contributed by atoms with van der Waals surface area (Å²) in [6.45, 7) is 4.59. The fraction of sp³-hybridized carbons (Fsp3) is 0.333. The second-order valence-corrected chi connectivity index (χ2v) is 4.73. The summed E-state index contributed by atoms with van der Waals surface area (Å²) in [5.41, 5.74) is 0.340. The fourth-order valence-electron chi connectivity index (χ4n) is 2.24. The average Bonchev–Trinajstić information content (AvgIpc) is 2.86. The molecule has 4 nitrogen and oxygen atoms in total. The highest BCUT2D eigenvalue weighted by Gasteiger charge is 2.24. The van der Waals surface area contributed by atoms with Crippen molar-refractivity contribution in [2.45, 2.75) is 20.3 Å². The molecule has 1 N–H and O–H groups in total. The minimum atomic E-state index is -1.05. The number of benzene rings is 1. The second kappa shape index (κ2) is 6.03. The molecule has 21 heavy (non-hydrogen) atoms. The lowest BCUT2D eigenvalue weighted by Gasteiger charge is -2.18. The molecule has 112 valence electrons. The molecule has 0 bridgehead atoms. The van der Waals surface area contributed by atoms with Gasteiger partial charge >= 0.3 is 0 Å². The molecule has 0 unspecified atom stereocenters. The van der Waals surface area contributed by atoms with Gasteiger partial charge in [0.1, 0.15) is 0 Å². The first kappa shape index (κ1) is 15.2. The Hall–Kier alpha value is -2.24. The van der Waals surface area contributed by atoms with Crippen molar-refractivity contribution < 1.29 is 18.4 Å². The van der Waals surface area contributed by atoms with E-state index in [1.54, 1.807) is 6.92 Å². The Morgan fingerprint density at radius 1 is 1.19 bits per heavy atom. The summed E-state index contributed by atoms with van der Waals surface area (Å²) in [7, 11) is 0. The molecule has 0 aliphatic rings. The van der Waals surface area contributed by atoms with Crippen LogP contribution in [-0.4, -0.2) is 34.7 Å². The van der Waals surface area contributed by atoms with Crippen molar-refractivity contribution in [3.8, 4) is 0 Å². The molecular weight excluding hydrogens is 278 g/mol. The van der Waals surface area contributed by atoms with Crippen LogP contribution < -0.4 is 0 Å². The van der Waals surface area contributed by atoms with Crippen LogP contribution in [0.15, 0.2) is 18.3 Å². The second-order valence-electron chi connectivity index (χ2n) is 4.73. The molecule has 0 aliphatic carbocycles. The van der Waals surface area contributed by atoms with Crippen molar-refractivity contribution in [3.63, 3.8) is 0 Å². The van der Waals surface area contributed by atoms with Gasteiger partial charge in [-0.05, 0) is 19.4 Å². The number of carbonyl (C=O) groups is 2. The SMILES string of the molecule is CCCN(CC)C(=O)C(=O)c1c[nH]c2cc(F)c(F)cc12. The number of hydrogen-bond donors (Lipinski definition) is 1. The summed E-state index contributed by atoms with van der Waals surface area (Å²) in [6, 6.07) is 1.90. The predicted molar refractivity (Wildman–Crippen MR) is 75.1 cm³/mol. The number of likely N-dealkylation sites (N-methyl/N-ethyl adjacent to an activating group) is 1. The maximum atomic E-state index is 13.3. The third-order valence-corrected chi connectivity index (χ3v) is 3.32. The number of Topliss-reactive ketones (excluding diaryl/α,β-unsaturated/α-hetero) is 1. The fourth-order valence-corrected chi connectivity index (χ4v) is 2.24. The Morgan fingerprint density at radius 3 is 2.48 bits per heavy atom. The van der Waals surface area contributed by atoms with Gasteiger partial charge in [-0.25, -0.2) is 8.78 Å². The number of amides is 1. The van der Waals surface area contributed by atoms with Crippen LogP contribution in [0, 0.1) is 11.6 Å². The Balaban J connectivity index is 2.39. The number of nitrogens with zero attached hydrogens (tertiary/aromatic N) is 1. The quantitative estimate of drug-likeness (QED) is 0.681. The van der Waals surface area contributed by atoms with Gasteiger partial charge in [-0.15, -0.1) is 0 Å². The van der Waals surface area contributed by atoms with Crippen LogP contribution in [0.25, 0.3) is 10.9 Å². The van der Waals surface area contributed by atoms with E-state index in [9.17, 15) is 18.4 Å². The van der Waals surface area contributed by atoms with Crippen molar-refractivity contribution in [1.29, 1.82) is 0 Å². The molecule has 1 aromatic heterocycles. The average molecular weight is 294 g/mol. The van der Waals surface area contributed by atoms with E-state index < -0.39 is 23.3 Å². The molecule has 0 spiro atoms. The van der Waals surface area contributed by atoms with Crippen LogP contribution in [0.3, 0.4) is 0 Å². The van der Waals surface area contributed by atoms with E-state index in [1.807, 2.05) is 6.92 Å². The minimum absolute atomic E-state index is 0.0588. The third kappa shape index (κ3) is 2.79. The van der Waals surface area contributed by atoms with E-state index in [-0.39, 0.29) is 16.5 Å². The van der Waals surface area contributed by atoms with E-state index in [1.165, 1.54) is 11.1 Å². The normalized spacial score (nSPS) is 10.9. The van der Waals surface area contributed by atoms with E-state index in [4.69, 9.17) is 0 Å². The number of aromatic amines is 1. The number of nitrogens with one attached hydrogen (secondary N) is 1. The summed E-state index contributed by atoms with van der Waals surface area (Å²) in [4.78, 5) is 28.5. The molecular formula is C15H16F2N2O2. The monoisotopic (exact) mass is 294 g/mol. The Morgan fingerprint density at radius 2 is 1.86 bits per heavy atom. The topological polar surface area (TPSA) is 53.2 Å². The minimum Gasteiger partial charge on any atom is -0.360 e. The Bertz CT molecular complexity index is 694. The van der Waals surface area contributed by atoms with Gasteiger partial charge in [-0.3, -0.25) is 9.59 Å². The summed E-state index contributed by atoms with van der Waals surface area (Å²) < 4.78 is 26.5. The van der Waals surface area contributed by atoms with Crippen LogP contribution in [0.2, 0.25) is 0 Å². The van der Waals surface area contributed by atoms with Crippen LogP contribution in [-0.2, 0) is 4.79 Å². The zero-order valence-electron chi connectivity index (χ0n) is 11.9. The standard InChI is InChI=1S/C15H16F2N2O2/c1-3-5-19(4-2)15(21)14(20)10-8-18-13-7-12(17)11(16)6-9(10)13/h6-8,18H,3-5H2,1-2H3. The van der Waals surface area contributed by atoms with Gasteiger partial charge in [-0.2, -0.15) is 0 Å². The predicted octanol–water partition coefficient (Wildman–Crippen LogP) is 2.89. The maximum absolute atomic E-state index is 13.3. The summed E-state index contributed by atoms with van der Waals surface area (Å²) in [5, 5.41) is 0.208. The maximum Gasteiger partial charge on any atom is 0.295 e. The van der Waals surface area contributed by atoms with Gasteiger partial charge < -0.3 is 9.88 Å². The number of hydrogen-bond acceptors (Lipinski definition) is 2. The number of carbonyl (C=O) groups excluding carboxylic acids is 2. The first-order valence-corrected chi connectivity index (χ1v) is 6.79. The van der Waals surface area contributed by atoms with E-state index in [0.717, 1.165) is 18.6 Å². The van der Waals surface area contributed by atoms with Crippen molar-refractivity contribution in [2.24, 2.45) is 0 Å². The van der Waals surface area contributed by atoms with Gasteiger partial charge in [0.05, 0.1) is 5.56 Å². The van der Waals surface area contributed by atoms with E-state index >= 15 is 0 Å². The number of ketones is 1. The highest BCUT2D eigenvalue weighted by Crippen LogP contribution is 2.22. The zero-order chi connectivity index (χ0) is 15.6. The van der Waals surface area contributed by atoms with Crippen molar-refractivity contribution in [3.05, 3.63) is 35.5 Å². The number of H-pyrrole nitrogens is 1. The third-order valence-electron chi connectivity index (χ3n) is 3.32. The smallest absolute Gasteiger partial charge is 0.295 e. The Labute approximate surface area is 120 Å². The van der Waals surface area contributed by atoms with Gasteiger partial charge in [0.15, 0.2) is 11.6 Å². The molecule has 2 aromatic rings. The summed E-state index contributed by atoms with van der Waals surface area (Å²) >= 11 is 0. The molecule has 2 rings (SSSR count). The Kier molecular flexibility index (Phi) is 4.35. The first-order chi connectivity index (χ1) is 9.99. The molecule has 0 radical (unpaired) electrons. The molecule has 0 aliphatic heterocycles. The molecule has 0 saturated heterocycles. The molecule has 1 aromatic carbocycles. The molecule has 0 atom stereocenters. The largest absolute Gasteiger partial charge is 0.360 e. The van der Waals surface area contributed by atoms with Crippen LogP contribution in [0.1, 0.15) is 30.6 Å². The van der Waals surface area contributed by atoms with Crippen LogP contribution >= 0.6 is 0 Å². The lowest BCUT2D eigenvalue weighted by atomic mass is 10.1. The van der Waals surface area contributed by atoms with Crippen LogP contribution in [0.4, 0.5) is 8.78 Å². The highest BCUT2D eigenvalue weighted by atomic mass is 19.2. The highest BCUT2D eigenvalue weighted by molar-refractivity contribution is 6.44. The first-order valence-electron chi connectivity index (χ1n) is 6.79. The van der Waals surface area contributed by atoms with Gasteiger partial charge in [0, 0.05) is 36.3 Å². The number of rotatable bonds is 5. The molecule has 1 heterocycles. The van der Waals surface area contributed by atoms with Gasteiger partial charge in [-0.1, -0.05) is 6.92 Å². The van der Waals surface area contributed by atoms with Gasteiger partial charge in [0.2, 0.25) is 0 Å². The van der Waals surface area contributed by atoms with Crippen LogP contribution in [0.5, 0.6) is 0 Å². The van der Waals surface area contributed by atoms with Crippen molar-refractivity contribution in [2.75, 3.05) is 13.1 Å². The van der Waals surface area contributed by atoms with Crippen molar-refractivity contribution >= 4 is 22.6 Å². The van der Waals surface area contributed by atoms with E-state index in [2.05, 4.69) is 4.98 Å². The molecule has 0 fully saturated rings. The summed E-state index contributed by atoms with van der Waals surface area (Å²) in [6.07, 6.45) is 2.05. The molecule has 6 heteroatoms. The number of aromatic nitrogens is 1. The lowest BCUT2D eigenvalue weighted by molar-refractivity contribution is -0.126. The van der Waals surface area contributed by atoms with Crippen molar-refractivity contribution in [1.82, 2.24) is 9.88 Å². The molecule has 0 saturated carbocycles. The van der Waals surface area contributed by atoms with Gasteiger partial charge in [0.25, 0.3) is 11.7 Å². The zero-order valence-corrected chi connectivity index (χ0v) is 11.9. The number of halogens is 2. The van der Waals surface area contributed by atoms with E-state index in [0.29, 0.717) is 13.1 Å². The summed E-state index contributed by atoms with van der Waals surface area (Å²) in [5.74, 6) is -3.41. The lowest BCUT2D eigenvalue weighted by Crippen LogP contribution is -2.36. The number of fused-ring (bicyclic) bond motifs is 1.